The predicted octanol–water partition coefficient (Wildman–Crippen LogP) is 0.249. The first-order valence-electron chi connectivity index (χ1n) is 8.36. The Balaban J connectivity index is 1.70. The van der Waals surface area contributed by atoms with Crippen LogP contribution in [0, 0.1) is 6.92 Å². The van der Waals surface area contributed by atoms with Crippen LogP contribution in [0.1, 0.15) is 21.6 Å². The Morgan fingerprint density at radius 2 is 2.26 bits per heavy atom. The fraction of sp³-hybridized carbons (Fsp3) is 0.353. The number of aliphatic hydroxyl groups excluding tert-OH is 1. The van der Waals surface area contributed by atoms with E-state index in [2.05, 4.69) is 15.3 Å². The van der Waals surface area contributed by atoms with Gasteiger partial charge in [-0.2, -0.15) is 11.8 Å². The number of nitrogens with one attached hydrogen (secondary N) is 1. The van der Waals surface area contributed by atoms with Gasteiger partial charge in [0.15, 0.2) is 0 Å². The van der Waals surface area contributed by atoms with Crippen molar-refractivity contribution in [3.8, 4) is 11.6 Å². The van der Waals surface area contributed by atoms with Gasteiger partial charge in [-0.05, 0) is 35.8 Å². The van der Waals surface area contributed by atoms with E-state index in [-0.39, 0.29) is 24.2 Å². The van der Waals surface area contributed by atoms with Crippen LogP contribution in [-0.2, 0) is 11.3 Å². The Bertz CT molecular complexity index is 821. The molecular formula is C17H20BN3O5S. The van der Waals surface area contributed by atoms with Crippen molar-refractivity contribution in [2.45, 2.75) is 19.6 Å². The van der Waals surface area contributed by atoms with E-state index in [0.717, 1.165) is 11.1 Å². The summed E-state index contributed by atoms with van der Waals surface area (Å²) in [5, 5.41) is 21.9. The zero-order valence-corrected chi connectivity index (χ0v) is 15.8. The summed E-state index contributed by atoms with van der Waals surface area (Å²) < 4.78 is 11.0. The number of nitrogens with zero attached hydrogens (tertiary/aromatic N) is 2. The number of thioether (sulfide) groups is 1. The first kappa shape index (κ1) is 19.6. The number of benzene rings is 1. The lowest BCUT2D eigenvalue weighted by Gasteiger charge is -2.14. The van der Waals surface area contributed by atoms with Crippen LogP contribution in [0.4, 0.5) is 0 Å². The Morgan fingerprint density at radius 3 is 2.93 bits per heavy atom. The van der Waals surface area contributed by atoms with Crippen molar-refractivity contribution >= 4 is 30.3 Å². The topological polar surface area (TPSA) is 114 Å². The van der Waals surface area contributed by atoms with E-state index in [9.17, 15) is 14.9 Å². The van der Waals surface area contributed by atoms with Crippen LogP contribution in [0.3, 0.4) is 0 Å². The second-order valence-electron chi connectivity index (χ2n) is 6.08. The summed E-state index contributed by atoms with van der Waals surface area (Å²) in [4.78, 5) is 20.4. The van der Waals surface area contributed by atoms with Crippen molar-refractivity contribution in [2.24, 2.45) is 0 Å². The molecule has 27 heavy (non-hydrogen) atoms. The van der Waals surface area contributed by atoms with Gasteiger partial charge in [-0.25, -0.2) is 9.97 Å². The van der Waals surface area contributed by atoms with Gasteiger partial charge in [-0.3, -0.25) is 4.79 Å². The minimum absolute atomic E-state index is 0.136. The van der Waals surface area contributed by atoms with E-state index in [1.807, 2.05) is 19.2 Å². The molecule has 1 aliphatic heterocycles. The summed E-state index contributed by atoms with van der Waals surface area (Å²) in [7, 11) is -0.957. The van der Waals surface area contributed by atoms with Crippen molar-refractivity contribution in [1.29, 1.82) is 0 Å². The molecule has 10 heteroatoms. The van der Waals surface area contributed by atoms with Gasteiger partial charge in [0, 0.05) is 5.75 Å². The first-order chi connectivity index (χ1) is 13.0. The smallest absolute Gasteiger partial charge is 0.437 e. The molecule has 2 aromatic rings. The highest BCUT2D eigenvalue weighted by Crippen LogP contribution is 2.25. The highest BCUT2D eigenvalue weighted by atomic mass is 32.2. The quantitative estimate of drug-likeness (QED) is 0.578. The summed E-state index contributed by atoms with van der Waals surface area (Å²) >= 11 is 1.53. The summed E-state index contributed by atoms with van der Waals surface area (Å²) in [5.41, 5.74) is 2.54. The number of aromatic nitrogens is 2. The van der Waals surface area contributed by atoms with Gasteiger partial charge < -0.3 is 24.8 Å². The van der Waals surface area contributed by atoms with Crippen LogP contribution < -0.4 is 15.5 Å². The molecule has 0 spiro atoms. The van der Waals surface area contributed by atoms with Gasteiger partial charge in [-0.1, -0.05) is 6.07 Å². The molecule has 3 N–H and O–H groups in total. The molecule has 0 aliphatic carbocycles. The number of fused-ring (bicyclic) bond motifs is 1. The van der Waals surface area contributed by atoms with Crippen molar-refractivity contribution in [3.05, 3.63) is 41.3 Å². The molecular weight excluding hydrogens is 369 g/mol. The Hall–Kier alpha value is -2.14. The van der Waals surface area contributed by atoms with Gasteiger partial charge >= 0.3 is 7.12 Å². The summed E-state index contributed by atoms with van der Waals surface area (Å²) in [6, 6.07) is 3.28. The van der Waals surface area contributed by atoms with Crippen LogP contribution in [0.25, 0.3) is 0 Å². The lowest BCUT2D eigenvalue weighted by atomic mass is 9.76. The molecule has 1 amide bonds. The fourth-order valence-electron chi connectivity index (χ4n) is 2.80. The zero-order valence-electron chi connectivity index (χ0n) is 15.0. The van der Waals surface area contributed by atoms with Crippen LogP contribution >= 0.6 is 11.8 Å². The van der Waals surface area contributed by atoms with Crippen LogP contribution in [0.5, 0.6) is 11.6 Å². The second kappa shape index (κ2) is 8.70. The van der Waals surface area contributed by atoms with Crippen molar-refractivity contribution in [2.75, 3.05) is 18.6 Å². The van der Waals surface area contributed by atoms with Crippen LogP contribution in [0.2, 0.25) is 0 Å². The van der Waals surface area contributed by atoms with E-state index in [0.29, 0.717) is 23.6 Å². The van der Waals surface area contributed by atoms with Gasteiger partial charge in [0.05, 0.1) is 31.6 Å². The van der Waals surface area contributed by atoms with Gasteiger partial charge in [0.25, 0.3) is 5.91 Å². The van der Waals surface area contributed by atoms with Crippen molar-refractivity contribution in [3.63, 3.8) is 0 Å². The molecule has 8 nitrogen and oxygen atoms in total. The molecule has 0 saturated carbocycles. The third kappa shape index (κ3) is 4.41. The number of rotatable bonds is 7. The third-order valence-electron chi connectivity index (χ3n) is 4.20. The Labute approximate surface area is 161 Å². The molecule has 0 fully saturated rings. The number of amides is 1. The zero-order chi connectivity index (χ0) is 19.4. The van der Waals surface area contributed by atoms with Crippen molar-refractivity contribution in [1.82, 2.24) is 15.3 Å². The standard InChI is InChI=1S/C17H20BN3O5S/c1-10-14(4-3-11-8-25-18(24)16(10)11)26-15-6-19-13(5-20-15)17(23)21-12(7-22)9-27-2/h3-6,12,22,24H,7-9H2,1-2H3,(H,21,23). The Kier molecular flexibility index (Phi) is 6.32. The number of ether oxygens (including phenoxy) is 1. The second-order valence-corrected chi connectivity index (χ2v) is 6.99. The number of aliphatic hydroxyl groups is 1. The average molecular weight is 389 g/mol. The van der Waals surface area contributed by atoms with Crippen LogP contribution in [-0.4, -0.2) is 57.8 Å². The van der Waals surface area contributed by atoms with E-state index in [1.54, 1.807) is 6.07 Å². The number of carbonyl (C=O) groups is 1. The number of hydrogen-bond donors (Lipinski definition) is 3. The average Bonchev–Trinajstić information content (AvgIpc) is 3.05. The maximum atomic E-state index is 12.2. The van der Waals surface area contributed by atoms with E-state index in [1.165, 1.54) is 24.2 Å². The third-order valence-corrected chi connectivity index (χ3v) is 4.93. The van der Waals surface area contributed by atoms with E-state index >= 15 is 0 Å². The maximum absolute atomic E-state index is 12.2. The van der Waals surface area contributed by atoms with E-state index in [4.69, 9.17) is 9.39 Å². The molecule has 1 aromatic heterocycles. The maximum Gasteiger partial charge on any atom is 0.492 e. The Morgan fingerprint density at radius 1 is 1.44 bits per heavy atom. The molecule has 1 aromatic carbocycles. The number of carbonyl (C=O) groups excluding carboxylic acids is 1. The first-order valence-corrected chi connectivity index (χ1v) is 9.75. The molecule has 142 valence electrons. The largest absolute Gasteiger partial charge is 0.492 e. The summed E-state index contributed by atoms with van der Waals surface area (Å²) in [5.74, 6) is 0.955. The molecule has 2 heterocycles. The molecule has 0 radical (unpaired) electrons. The molecule has 1 aliphatic rings. The molecule has 3 rings (SSSR count). The normalized spacial score (nSPS) is 14.0. The predicted molar refractivity (Wildman–Crippen MR) is 102 cm³/mol. The SMILES string of the molecule is CSCC(CO)NC(=O)c1cnc(Oc2ccc3c(c2C)B(O)OC3)cn1. The number of hydrogen-bond acceptors (Lipinski definition) is 8. The summed E-state index contributed by atoms with van der Waals surface area (Å²) in [6.07, 6.45) is 4.57. The van der Waals surface area contributed by atoms with Gasteiger partial charge in [0.2, 0.25) is 5.88 Å². The van der Waals surface area contributed by atoms with E-state index < -0.39 is 13.0 Å². The minimum atomic E-state index is -0.957. The molecule has 1 unspecified atom stereocenters. The monoisotopic (exact) mass is 389 g/mol. The minimum Gasteiger partial charge on any atom is -0.437 e. The van der Waals surface area contributed by atoms with Gasteiger partial charge in [0.1, 0.15) is 11.4 Å². The lowest BCUT2D eigenvalue weighted by molar-refractivity contribution is 0.0918. The van der Waals surface area contributed by atoms with Crippen molar-refractivity contribution < 1.29 is 24.3 Å². The fourth-order valence-corrected chi connectivity index (χ4v) is 3.39. The lowest BCUT2D eigenvalue weighted by Crippen LogP contribution is -2.39. The highest BCUT2D eigenvalue weighted by molar-refractivity contribution is 7.98. The molecule has 0 saturated heterocycles. The molecule has 1 atom stereocenters. The highest BCUT2D eigenvalue weighted by Gasteiger charge is 2.30. The van der Waals surface area contributed by atoms with Crippen LogP contribution in [0.15, 0.2) is 24.5 Å². The summed E-state index contributed by atoms with van der Waals surface area (Å²) in [6.45, 7) is 2.06. The molecule has 0 bridgehead atoms. The van der Waals surface area contributed by atoms with Gasteiger partial charge in [-0.15, -0.1) is 0 Å².